The van der Waals surface area contributed by atoms with Crippen molar-refractivity contribution in [2.75, 3.05) is 0 Å². The van der Waals surface area contributed by atoms with Gasteiger partial charge in [0.25, 0.3) is 0 Å². The first-order valence-electron chi connectivity index (χ1n) is 5.48. The first-order valence-corrected chi connectivity index (χ1v) is 6.74. The lowest BCUT2D eigenvalue weighted by Gasteiger charge is -2.03. The number of carbonyl (C=O) groups is 1. The van der Waals surface area contributed by atoms with Crippen molar-refractivity contribution >= 4 is 28.7 Å². The Morgan fingerprint density at radius 2 is 2.18 bits per heavy atom. The third-order valence-electron chi connectivity index (χ3n) is 2.67. The zero-order valence-electron chi connectivity index (χ0n) is 9.57. The molecule has 0 aliphatic heterocycles. The van der Waals surface area contributed by atoms with Gasteiger partial charge >= 0.3 is 0 Å². The summed E-state index contributed by atoms with van der Waals surface area (Å²) >= 11 is 7.69. The Hall–Kier alpha value is -1.12. The van der Waals surface area contributed by atoms with Crippen LogP contribution in [0.2, 0.25) is 5.02 Å². The third kappa shape index (κ3) is 3.18. The molecule has 0 bridgehead atoms. The van der Waals surface area contributed by atoms with Crippen LogP contribution in [0.4, 0.5) is 0 Å². The summed E-state index contributed by atoms with van der Waals surface area (Å²) in [6.45, 7) is 1.93. The molecule has 1 aromatic carbocycles. The Kier molecular flexibility index (Phi) is 3.97. The fourth-order valence-corrected chi connectivity index (χ4v) is 2.49. The molecule has 2 rings (SSSR count). The molecule has 0 radical (unpaired) electrons. The largest absolute Gasteiger partial charge is 0.294 e. The molecule has 0 spiro atoms. The second-order valence-electron chi connectivity index (χ2n) is 3.97. The van der Waals surface area contributed by atoms with Crippen LogP contribution in [0.15, 0.2) is 35.7 Å². The number of Topliss-reactive ketones (excluding diaryl/α,β-unsaturated/α-hetero) is 1. The van der Waals surface area contributed by atoms with Gasteiger partial charge in [-0.3, -0.25) is 4.79 Å². The van der Waals surface area contributed by atoms with E-state index >= 15 is 0 Å². The second-order valence-corrected chi connectivity index (χ2v) is 5.41. The number of aryl methyl sites for hydroxylation is 2. The van der Waals surface area contributed by atoms with E-state index < -0.39 is 0 Å². The van der Waals surface area contributed by atoms with Crippen molar-refractivity contribution in [3.8, 4) is 0 Å². The molecule has 2 aromatic rings. The summed E-state index contributed by atoms with van der Waals surface area (Å²) in [7, 11) is 0. The lowest BCUT2D eigenvalue weighted by atomic mass is 10.0. The molecule has 0 amide bonds. The average molecular weight is 265 g/mol. The van der Waals surface area contributed by atoms with Crippen molar-refractivity contribution in [2.24, 2.45) is 0 Å². The molecule has 0 atom stereocenters. The molecule has 0 aliphatic carbocycles. The van der Waals surface area contributed by atoms with Crippen molar-refractivity contribution in [1.82, 2.24) is 0 Å². The number of benzene rings is 1. The highest BCUT2D eigenvalue weighted by atomic mass is 35.5. The number of hydrogen-bond acceptors (Lipinski definition) is 2. The molecule has 0 fully saturated rings. The van der Waals surface area contributed by atoms with Crippen LogP contribution in [0.5, 0.6) is 0 Å². The summed E-state index contributed by atoms with van der Waals surface area (Å²) in [5, 5.41) is 2.69. The molecule has 0 N–H and O–H groups in total. The third-order valence-corrected chi connectivity index (χ3v) is 4.02. The van der Waals surface area contributed by atoms with Crippen LogP contribution < -0.4 is 0 Å². The zero-order valence-corrected chi connectivity index (χ0v) is 11.1. The molecule has 0 saturated carbocycles. The fraction of sp³-hybridized carbons (Fsp3) is 0.214. The Morgan fingerprint density at radius 1 is 1.35 bits per heavy atom. The van der Waals surface area contributed by atoms with Gasteiger partial charge in [0.2, 0.25) is 0 Å². The van der Waals surface area contributed by atoms with Gasteiger partial charge in [0.1, 0.15) is 0 Å². The topological polar surface area (TPSA) is 17.1 Å². The minimum absolute atomic E-state index is 0.153. The van der Waals surface area contributed by atoms with E-state index in [1.54, 1.807) is 17.4 Å². The van der Waals surface area contributed by atoms with Gasteiger partial charge in [-0.05, 0) is 36.4 Å². The number of rotatable bonds is 4. The molecule has 3 heteroatoms. The molecular weight excluding hydrogens is 252 g/mol. The summed E-state index contributed by atoms with van der Waals surface area (Å²) in [5.41, 5.74) is 1.71. The van der Waals surface area contributed by atoms with Crippen LogP contribution in [-0.4, -0.2) is 5.78 Å². The maximum absolute atomic E-state index is 11.9. The van der Waals surface area contributed by atoms with Crippen LogP contribution in [0, 0.1) is 6.92 Å². The number of hydrogen-bond donors (Lipinski definition) is 0. The summed E-state index contributed by atoms with van der Waals surface area (Å²) < 4.78 is 0. The fourth-order valence-electron chi connectivity index (χ4n) is 1.60. The predicted molar refractivity (Wildman–Crippen MR) is 73.2 cm³/mol. The predicted octanol–water partition coefficient (Wildman–Crippen LogP) is 4.53. The molecule has 0 saturated heterocycles. The highest BCUT2D eigenvalue weighted by Crippen LogP contribution is 2.19. The van der Waals surface area contributed by atoms with Gasteiger partial charge < -0.3 is 0 Å². The van der Waals surface area contributed by atoms with Crippen molar-refractivity contribution in [1.29, 1.82) is 0 Å². The summed E-state index contributed by atoms with van der Waals surface area (Å²) in [6.07, 6.45) is 1.35. The summed E-state index contributed by atoms with van der Waals surface area (Å²) in [4.78, 5) is 13.2. The van der Waals surface area contributed by atoms with Crippen LogP contribution in [-0.2, 0) is 6.42 Å². The van der Waals surface area contributed by atoms with Crippen molar-refractivity contribution in [3.63, 3.8) is 0 Å². The van der Waals surface area contributed by atoms with Crippen molar-refractivity contribution < 1.29 is 4.79 Å². The lowest BCUT2D eigenvalue weighted by Crippen LogP contribution is -2.00. The summed E-state index contributed by atoms with van der Waals surface area (Å²) in [6, 6.07) is 9.56. The Labute approximate surface area is 110 Å². The van der Waals surface area contributed by atoms with Crippen molar-refractivity contribution in [2.45, 2.75) is 19.8 Å². The van der Waals surface area contributed by atoms with E-state index in [0.717, 1.165) is 12.0 Å². The van der Waals surface area contributed by atoms with Crippen LogP contribution in [0.1, 0.15) is 27.2 Å². The number of thiophene rings is 1. The normalized spacial score (nSPS) is 10.5. The van der Waals surface area contributed by atoms with Crippen LogP contribution >= 0.6 is 22.9 Å². The number of carbonyl (C=O) groups excluding carboxylic acids is 1. The van der Waals surface area contributed by atoms with Gasteiger partial charge in [0.05, 0.1) is 0 Å². The number of ketones is 1. The van der Waals surface area contributed by atoms with Crippen LogP contribution in [0.25, 0.3) is 0 Å². The quantitative estimate of drug-likeness (QED) is 0.742. The molecule has 17 heavy (non-hydrogen) atoms. The van der Waals surface area contributed by atoms with E-state index in [9.17, 15) is 4.79 Å². The lowest BCUT2D eigenvalue weighted by molar-refractivity contribution is 0.0983. The van der Waals surface area contributed by atoms with Crippen molar-refractivity contribution in [3.05, 3.63) is 56.7 Å². The number of halogens is 1. The van der Waals surface area contributed by atoms with E-state index in [1.165, 1.54) is 4.88 Å². The molecule has 1 nitrogen and oxygen atoms in total. The van der Waals surface area contributed by atoms with Gasteiger partial charge in [-0.25, -0.2) is 0 Å². The minimum Gasteiger partial charge on any atom is -0.294 e. The molecule has 1 aromatic heterocycles. The van der Waals surface area contributed by atoms with Crippen LogP contribution in [0.3, 0.4) is 0 Å². The first-order chi connectivity index (χ1) is 8.16. The van der Waals surface area contributed by atoms with Gasteiger partial charge in [-0.2, -0.15) is 0 Å². The standard InChI is InChI=1S/C14H13ClOS/c1-10-4-5-11(9-13(10)15)14(16)7-6-12-3-2-8-17-12/h2-5,8-9H,6-7H2,1H3. The maximum atomic E-state index is 11.9. The smallest absolute Gasteiger partial charge is 0.163 e. The maximum Gasteiger partial charge on any atom is 0.163 e. The molecule has 0 aliphatic rings. The SMILES string of the molecule is Cc1ccc(C(=O)CCc2cccs2)cc1Cl. The van der Waals surface area contributed by atoms with Gasteiger partial charge in [0, 0.05) is 21.9 Å². The van der Waals surface area contributed by atoms with E-state index in [0.29, 0.717) is 17.0 Å². The Morgan fingerprint density at radius 3 is 2.82 bits per heavy atom. The van der Waals surface area contributed by atoms with E-state index in [4.69, 9.17) is 11.6 Å². The second kappa shape index (κ2) is 5.48. The molecule has 0 unspecified atom stereocenters. The molecule has 1 heterocycles. The Balaban J connectivity index is 2.02. The zero-order chi connectivity index (χ0) is 12.3. The van der Waals surface area contributed by atoms with Gasteiger partial charge in [0.15, 0.2) is 5.78 Å². The summed E-state index contributed by atoms with van der Waals surface area (Å²) in [5.74, 6) is 0.153. The van der Waals surface area contributed by atoms with E-state index in [-0.39, 0.29) is 5.78 Å². The first kappa shape index (κ1) is 12.3. The van der Waals surface area contributed by atoms with Gasteiger partial charge in [-0.15, -0.1) is 11.3 Å². The highest BCUT2D eigenvalue weighted by Gasteiger charge is 2.08. The monoisotopic (exact) mass is 264 g/mol. The molecule has 88 valence electrons. The van der Waals surface area contributed by atoms with E-state index in [1.807, 2.05) is 30.5 Å². The minimum atomic E-state index is 0.153. The van der Waals surface area contributed by atoms with Gasteiger partial charge in [-0.1, -0.05) is 29.8 Å². The van der Waals surface area contributed by atoms with E-state index in [2.05, 4.69) is 6.07 Å². The Bertz CT molecular complexity index is 517. The average Bonchev–Trinajstić information content (AvgIpc) is 2.82. The highest BCUT2D eigenvalue weighted by molar-refractivity contribution is 7.09. The molecular formula is C14H13ClOS.